The van der Waals surface area contributed by atoms with Crippen molar-refractivity contribution in [3.8, 4) is 0 Å². The second-order valence-electron chi connectivity index (χ2n) is 5.36. The first kappa shape index (κ1) is 22.4. The van der Waals surface area contributed by atoms with Crippen LogP contribution in [0.25, 0.3) is 21.8 Å². The molecule has 0 saturated heterocycles. The molecule has 0 aliphatic carbocycles. The second-order valence-corrected chi connectivity index (χ2v) is 7.90. The molecule has 2 nitrogen and oxygen atoms in total. The van der Waals surface area contributed by atoms with Gasteiger partial charge in [-0.25, -0.2) is 9.97 Å². The SMILES string of the molecule is CSc1ccc2cccc([S-])c2n1.CSc1ccc2cccc([S-])c2n1.[Pd+2]. The molecule has 0 bridgehead atoms. The zero-order chi connectivity index (χ0) is 18.5. The first-order chi connectivity index (χ1) is 12.6. The summed E-state index contributed by atoms with van der Waals surface area (Å²) in [6.45, 7) is 0. The van der Waals surface area contributed by atoms with Crippen LogP contribution < -0.4 is 0 Å². The van der Waals surface area contributed by atoms with E-state index in [1.165, 1.54) is 0 Å². The topological polar surface area (TPSA) is 25.8 Å². The fraction of sp³-hybridized carbons (Fsp3) is 0.100. The normalized spacial score (nSPS) is 10.1. The fourth-order valence-corrected chi connectivity index (χ4v) is 3.69. The predicted octanol–water partition coefficient (Wildman–Crippen LogP) is 5.72. The summed E-state index contributed by atoms with van der Waals surface area (Å²) in [7, 11) is 0. The summed E-state index contributed by atoms with van der Waals surface area (Å²) in [5.41, 5.74) is 1.87. The van der Waals surface area contributed by atoms with Crippen LogP contribution in [0.5, 0.6) is 0 Å². The Kier molecular flexibility index (Phi) is 8.75. The van der Waals surface area contributed by atoms with Gasteiger partial charge in [0.25, 0.3) is 0 Å². The summed E-state index contributed by atoms with van der Waals surface area (Å²) in [5, 5.41) is 4.27. The number of aromatic nitrogens is 2. The molecular weight excluding hydrogens is 503 g/mol. The molecule has 27 heavy (non-hydrogen) atoms. The third-order valence-corrected chi connectivity index (χ3v) is 5.68. The third-order valence-electron chi connectivity index (χ3n) is 3.73. The molecule has 0 saturated carbocycles. The summed E-state index contributed by atoms with van der Waals surface area (Å²) in [4.78, 5) is 10.6. The van der Waals surface area contributed by atoms with Gasteiger partial charge in [-0.1, -0.05) is 48.5 Å². The molecule has 0 radical (unpaired) electrons. The average molecular weight is 519 g/mol. The van der Waals surface area contributed by atoms with Crippen molar-refractivity contribution in [2.24, 2.45) is 0 Å². The van der Waals surface area contributed by atoms with Crippen LogP contribution in [0, 0.1) is 0 Å². The van der Waals surface area contributed by atoms with Crippen molar-refractivity contribution >= 4 is 70.6 Å². The maximum absolute atomic E-state index is 5.19. The van der Waals surface area contributed by atoms with Crippen molar-refractivity contribution in [1.82, 2.24) is 9.97 Å². The molecule has 0 N–H and O–H groups in total. The number of hydrogen-bond acceptors (Lipinski definition) is 6. The third kappa shape index (κ3) is 5.54. The summed E-state index contributed by atoms with van der Waals surface area (Å²) >= 11 is 13.6. The number of rotatable bonds is 2. The van der Waals surface area contributed by atoms with Crippen LogP contribution in [0.1, 0.15) is 0 Å². The van der Waals surface area contributed by atoms with E-state index < -0.39 is 0 Å². The number of nitrogens with zero attached hydrogens (tertiary/aromatic N) is 2. The molecule has 0 aliphatic heterocycles. The second kappa shape index (κ2) is 10.6. The molecule has 4 rings (SSSR count). The maximum Gasteiger partial charge on any atom is 2.00 e. The molecule has 0 unspecified atom stereocenters. The Morgan fingerprint density at radius 3 is 1.41 bits per heavy atom. The van der Waals surface area contributed by atoms with E-state index >= 15 is 0 Å². The van der Waals surface area contributed by atoms with E-state index in [0.717, 1.165) is 41.6 Å². The Morgan fingerprint density at radius 1 is 0.630 bits per heavy atom. The van der Waals surface area contributed by atoms with Gasteiger partial charge in [-0.2, -0.15) is 0 Å². The molecule has 2 aromatic carbocycles. The fourth-order valence-electron chi connectivity index (χ4n) is 2.43. The number of hydrogen-bond donors (Lipinski definition) is 0. The number of pyridine rings is 2. The quantitative estimate of drug-likeness (QED) is 0.191. The molecule has 0 spiro atoms. The van der Waals surface area contributed by atoms with Crippen molar-refractivity contribution in [3.63, 3.8) is 0 Å². The van der Waals surface area contributed by atoms with E-state index in [0.29, 0.717) is 0 Å². The van der Waals surface area contributed by atoms with Crippen LogP contribution in [-0.4, -0.2) is 22.5 Å². The van der Waals surface area contributed by atoms with E-state index in [1.807, 2.05) is 61.0 Å². The molecule has 2 heterocycles. The number of fused-ring (bicyclic) bond motifs is 2. The average Bonchev–Trinajstić information content (AvgIpc) is 2.69. The van der Waals surface area contributed by atoms with E-state index in [4.69, 9.17) is 25.3 Å². The van der Waals surface area contributed by atoms with Gasteiger partial charge in [0.15, 0.2) is 0 Å². The van der Waals surface area contributed by atoms with Crippen LogP contribution in [0.4, 0.5) is 0 Å². The van der Waals surface area contributed by atoms with Gasteiger partial charge in [-0.15, -0.1) is 33.3 Å². The Labute approximate surface area is 192 Å². The van der Waals surface area contributed by atoms with Crippen molar-refractivity contribution in [2.75, 3.05) is 12.5 Å². The Hall–Kier alpha value is -0.938. The van der Waals surface area contributed by atoms with Crippen molar-refractivity contribution in [1.29, 1.82) is 0 Å². The minimum Gasteiger partial charge on any atom is -0.778 e. The van der Waals surface area contributed by atoms with Crippen LogP contribution in [0.2, 0.25) is 0 Å². The number of para-hydroxylation sites is 2. The Bertz CT molecular complexity index is 971. The van der Waals surface area contributed by atoms with Gasteiger partial charge in [0.2, 0.25) is 0 Å². The zero-order valence-corrected chi connectivity index (χ0v) is 19.4. The zero-order valence-electron chi connectivity index (χ0n) is 14.6. The van der Waals surface area contributed by atoms with Gasteiger partial charge in [0.1, 0.15) is 0 Å². The number of benzene rings is 2. The number of thioether (sulfide) groups is 2. The molecule has 0 atom stereocenters. The predicted molar refractivity (Wildman–Crippen MR) is 118 cm³/mol. The maximum atomic E-state index is 5.19. The molecule has 7 heteroatoms. The summed E-state index contributed by atoms with van der Waals surface area (Å²) in [6.07, 6.45) is 4.03. The van der Waals surface area contributed by atoms with Crippen molar-refractivity contribution in [3.05, 3.63) is 60.7 Å². The summed E-state index contributed by atoms with van der Waals surface area (Å²) in [5.74, 6) is 0. The minimum absolute atomic E-state index is 0. The standard InChI is InChI=1S/2C10H9NS2.Pd/c2*1-13-9-6-5-7-3-2-4-8(12)10(7)11-9;/h2*2-6,12H,1H3;/q;;+2/p-2. The molecular formula is C20H16N2PdS4. The van der Waals surface area contributed by atoms with E-state index in [-0.39, 0.29) is 20.4 Å². The van der Waals surface area contributed by atoms with Gasteiger partial charge < -0.3 is 25.3 Å². The molecule has 0 aliphatic rings. The molecule has 0 amide bonds. The molecule has 140 valence electrons. The minimum atomic E-state index is 0. The van der Waals surface area contributed by atoms with E-state index in [9.17, 15) is 0 Å². The van der Waals surface area contributed by atoms with Crippen LogP contribution >= 0.6 is 23.5 Å². The van der Waals surface area contributed by atoms with Crippen LogP contribution in [-0.2, 0) is 45.7 Å². The molecule has 0 fully saturated rings. The largest absolute Gasteiger partial charge is 2.00 e. The van der Waals surface area contributed by atoms with Gasteiger partial charge >= 0.3 is 20.4 Å². The van der Waals surface area contributed by atoms with Gasteiger partial charge in [0, 0.05) is 0 Å². The summed E-state index contributed by atoms with van der Waals surface area (Å²) < 4.78 is 0. The monoisotopic (exact) mass is 518 g/mol. The van der Waals surface area contributed by atoms with Gasteiger partial charge in [-0.3, -0.25) is 0 Å². The van der Waals surface area contributed by atoms with E-state index in [1.54, 1.807) is 23.5 Å². The Balaban J connectivity index is 0.000000187. The van der Waals surface area contributed by atoms with E-state index in [2.05, 4.69) is 22.1 Å². The van der Waals surface area contributed by atoms with Crippen LogP contribution in [0.3, 0.4) is 0 Å². The van der Waals surface area contributed by atoms with Crippen molar-refractivity contribution in [2.45, 2.75) is 19.8 Å². The van der Waals surface area contributed by atoms with Gasteiger partial charge in [0.05, 0.1) is 21.1 Å². The first-order valence-corrected chi connectivity index (χ1v) is 11.1. The first-order valence-electron chi connectivity index (χ1n) is 7.84. The van der Waals surface area contributed by atoms with Crippen molar-refractivity contribution < 1.29 is 20.4 Å². The smallest absolute Gasteiger partial charge is 0.778 e. The Morgan fingerprint density at radius 2 is 1.04 bits per heavy atom. The van der Waals surface area contributed by atoms with Crippen LogP contribution in [0.15, 0.2) is 80.5 Å². The molecule has 2 aromatic heterocycles. The summed E-state index contributed by atoms with van der Waals surface area (Å²) in [6, 6.07) is 20.0. The molecule has 4 aromatic rings. The van der Waals surface area contributed by atoms with Gasteiger partial charge in [-0.05, 0) is 35.4 Å².